The number of rotatable bonds is 8. The molecule has 3 nitrogen and oxygen atoms in total. The molecule has 0 saturated carbocycles. The smallest absolute Gasteiger partial charge is 0.123 e. The zero-order chi connectivity index (χ0) is 14.0. The maximum atomic E-state index is 5.74. The Morgan fingerprint density at radius 3 is 2.45 bits per heavy atom. The standard InChI is InChI=1S/C17H21NO2/c1-2-3-12-19-16-8-6-9-17(14-16)20-13-10-15-7-4-5-11-18-15/h4-9,11,14H,2-3,10,12-13H2,1H3. The summed E-state index contributed by atoms with van der Waals surface area (Å²) in [5.41, 5.74) is 1.04. The fourth-order valence-electron chi connectivity index (χ4n) is 1.81. The molecule has 1 heterocycles. The van der Waals surface area contributed by atoms with Crippen LogP contribution in [-0.4, -0.2) is 18.2 Å². The van der Waals surface area contributed by atoms with E-state index in [1.165, 1.54) is 0 Å². The maximum absolute atomic E-state index is 5.74. The third-order valence-corrected chi connectivity index (χ3v) is 2.93. The summed E-state index contributed by atoms with van der Waals surface area (Å²) < 4.78 is 11.4. The van der Waals surface area contributed by atoms with Gasteiger partial charge in [0.15, 0.2) is 0 Å². The van der Waals surface area contributed by atoms with Crippen molar-refractivity contribution in [2.45, 2.75) is 26.2 Å². The number of pyridine rings is 1. The van der Waals surface area contributed by atoms with E-state index in [0.717, 1.165) is 43.1 Å². The van der Waals surface area contributed by atoms with Crippen LogP contribution in [0, 0.1) is 0 Å². The van der Waals surface area contributed by atoms with Crippen LogP contribution in [0.1, 0.15) is 25.5 Å². The molecular weight excluding hydrogens is 250 g/mol. The second-order valence-electron chi connectivity index (χ2n) is 4.60. The van der Waals surface area contributed by atoms with Crippen LogP contribution < -0.4 is 9.47 Å². The number of hydrogen-bond donors (Lipinski definition) is 0. The lowest BCUT2D eigenvalue weighted by Gasteiger charge is -2.09. The predicted octanol–water partition coefficient (Wildman–Crippen LogP) is 3.88. The third-order valence-electron chi connectivity index (χ3n) is 2.93. The second-order valence-corrected chi connectivity index (χ2v) is 4.60. The van der Waals surface area contributed by atoms with Gasteiger partial charge in [0.05, 0.1) is 13.2 Å². The third kappa shape index (κ3) is 4.92. The lowest BCUT2D eigenvalue weighted by Crippen LogP contribution is -2.03. The molecule has 0 bridgehead atoms. The number of nitrogens with zero attached hydrogens (tertiary/aromatic N) is 1. The van der Waals surface area contributed by atoms with Gasteiger partial charge in [0.2, 0.25) is 0 Å². The van der Waals surface area contributed by atoms with Crippen LogP contribution >= 0.6 is 0 Å². The molecule has 20 heavy (non-hydrogen) atoms. The molecule has 106 valence electrons. The Balaban J connectivity index is 1.79. The monoisotopic (exact) mass is 271 g/mol. The van der Waals surface area contributed by atoms with Gasteiger partial charge in [-0.1, -0.05) is 25.5 Å². The minimum atomic E-state index is 0.620. The molecule has 2 aromatic rings. The fraction of sp³-hybridized carbons (Fsp3) is 0.353. The van der Waals surface area contributed by atoms with E-state index >= 15 is 0 Å². The summed E-state index contributed by atoms with van der Waals surface area (Å²) in [7, 11) is 0. The average molecular weight is 271 g/mol. The zero-order valence-electron chi connectivity index (χ0n) is 11.9. The summed E-state index contributed by atoms with van der Waals surface area (Å²) in [4.78, 5) is 4.27. The van der Waals surface area contributed by atoms with Gasteiger partial charge < -0.3 is 9.47 Å². The molecule has 3 heteroatoms. The van der Waals surface area contributed by atoms with Gasteiger partial charge in [-0.05, 0) is 30.7 Å². The maximum Gasteiger partial charge on any atom is 0.123 e. The molecule has 0 saturated heterocycles. The van der Waals surface area contributed by atoms with Gasteiger partial charge in [0, 0.05) is 24.4 Å². The van der Waals surface area contributed by atoms with E-state index in [0.29, 0.717) is 6.61 Å². The minimum absolute atomic E-state index is 0.620. The molecule has 1 aromatic heterocycles. The van der Waals surface area contributed by atoms with E-state index in [-0.39, 0.29) is 0 Å². The lowest BCUT2D eigenvalue weighted by molar-refractivity contribution is 0.298. The SMILES string of the molecule is CCCCOc1cccc(OCCc2ccccn2)c1. The molecule has 0 fully saturated rings. The first-order valence-electron chi connectivity index (χ1n) is 7.14. The first kappa shape index (κ1) is 14.4. The van der Waals surface area contributed by atoms with Crippen molar-refractivity contribution in [3.05, 3.63) is 54.4 Å². The highest BCUT2D eigenvalue weighted by Crippen LogP contribution is 2.19. The van der Waals surface area contributed by atoms with E-state index < -0.39 is 0 Å². The van der Waals surface area contributed by atoms with Crippen molar-refractivity contribution in [1.29, 1.82) is 0 Å². The molecule has 0 aliphatic rings. The van der Waals surface area contributed by atoms with Crippen LogP contribution in [0.3, 0.4) is 0 Å². The Bertz CT molecular complexity index is 499. The lowest BCUT2D eigenvalue weighted by atomic mass is 10.3. The van der Waals surface area contributed by atoms with Gasteiger partial charge in [-0.2, -0.15) is 0 Å². The molecule has 0 atom stereocenters. The molecule has 0 unspecified atom stereocenters. The molecule has 0 spiro atoms. The number of unbranched alkanes of at least 4 members (excludes halogenated alkanes) is 1. The van der Waals surface area contributed by atoms with Gasteiger partial charge in [-0.25, -0.2) is 0 Å². The van der Waals surface area contributed by atoms with E-state index in [1.807, 2.05) is 42.5 Å². The molecule has 0 radical (unpaired) electrons. The first-order valence-corrected chi connectivity index (χ1v) is 7.14. The Kier molecular flexibility index (Phi) is 5.90. The minimum Gasteiger partial charge on any atom is -0.493 e. The topological polar surface area (TPSA) is 31.4 Å². The van der Waals surface area contributed by atoms with Gasteiger partial charge in [0.1, 0.15) is 11.5 Å². The summed E-state index contributed by atoms with van der Waals surface area (Å²) in [5, 5.41) is 0. The van der Waals surface area contributed by atoms with E-state index in [9.17, 15) is 0 Å². The Hall–Kier alpha value is -2.03. The van der Waals surface area contributed by atoms with E-state index in [2.05, 4.69) is 11.9 Å². The molecule has 2 rings (SSSR count). The van der Waals surface area contributed by atoms with Gasteiger partial charge in [0.25, 0.3) is 0 Å². The van der Waals surface area contributed by atoms with Gasteiger partial charge in [-0.3, -0.25) is 4.98 Å². The summed E-state index contributed by atoms with van der Waals surface area (Å²) in [6, 6.07) is 13.7. The quantitative estimate of drug-likeness (QED) is 0.683. The van der Waals surface area contributed by atoms with Crippen molar-refractivity contribution in [1.82, 2.24) is 4.98 Å². The van der Waals surface area contributed by atoms with Crippen molar-refractivity contribution in [2.24, 2.45) is 0 Å². The number of ether oxygens (including phenoxy) is 2. The highest BCUT2D eigenvalue weighted by molar-refractivity contribution is 5.32. The zero-order valence-corrected chi connectivity index (χ0v) is 11.9. The van der Waals surface area contributed by atoms with E-state index in [1.54, 1.807) is 6.20 Å². The van der Waals surface area contributed by atoms with E-state index in [4.69, 9.17) is 9.47 Å². The van der Waals surface area contributed by atoms with Crippen molar-refractivity contribution in [2.75, 3.05) is 13.2 Å². The van der Waals surface area contributed by atoms with Crippen molar-refractivity contribution in [3.8, 4) is 11.5 Å². The van der Waals surface area contributed by atoms with Crippen molar-refractivity contribution in [3.63, 3.8) is 0 Å². The normalized spacial score (nSPS) is 10.2. The van der Waals surface area contributed by atoms with Crippen LogP contribution in [0.15, 0.2) is 48.7 Å². The highest BCUT2D eigenvalue weighted by atomic mass is 16.5. The van der Waals surface area contributed by atoms with Crippen LogP contribution in [0.25, 0.3) is 0 Å². The summed E-state index contributed by atoms with van der Waals surface area (Å²) >= 11 is 0. The molecular formula is C17H21NO2. The Labute approximate surface area is 120 Å². The number of aromatic nitrogens is 1. The fourth-order valence-corrected chi connectivity index (χ4v) is 1.81. The molecule has 0 aliphatic heterocycles. The van der Waals surface area contributed by atoms with Crippen LogP contribution in [0.5, 0.6) is 11.5 Å². The molecule has 0 aliphatic carbocycles. The largest absolute Gasteiger partial charge is 0.493 e. The molecule has 1 aromatic carbocycles. The number of benzene rings is 1. The second kappa shape index (κ2) is 8.20. The van der Waals surface area contributed by atoms with Gasteiger partial charge in [-0.15, -0.1) is 0 Å². The molecule has 0 amide bonds. The highest BCUT2D eigenvalue weighted by Gasteiger charge is 1.99. The summed E-state index contributed by atoms with van der Waals surface area (Å²) in [6.07, 6.45) is 4.82. The van der Waals surface area contributed by atoms with Crippen molar-refractivity contribution >= 4 is 0 Å². The van der Waals surface area contributed by atoms with Crippen LogP contribution in [0.2, 0.25) is 0 Å². The summed E-state index contributed by atoms with van der Waals surface area (Å²) in [5.74, 6) is 1.71. The number of hydrogen-bond acceptors (Lipinski definition) is 3. The van der Waals surface area contributed by atoms with Crippen molar-refractivity contribution < 1.29 is 9.47 Å². The van der Waals surface area contributed by atoms with Crippen LogP contribution in [-0.2, 0) is 6.42 Å². The molecule has 0 N–H and O–H groups in total. The Morgan fingerprint density at radius 1 is 0.950 bits per heavy atom. The summed E-state index contributed by atoms with van der Waals surface area (Å²) in [6.45, 7) is 3.53. The van der Waals surface area contributed by atoms with Gasteiger partial charge >= 0.3 is 0 Å². The Morgan fingerprint density at radius 2 is 1.75 bits per heavy atom. The van der Waals surface area contributed by atoms with Crippen LogP contribution in [0.4, 0.5) is 0 Å². The first-order chi connectivity index (χ1) is 9.88. The average Bonchev–Trinajstić information content (AvgIpc) is 2.49. The predicted molar refractivity (Wildman–Crippen MR) is 80.3 cm³/mol.